The Morgan fingerprint density at radius 3 is 2.41 bits per heavy atom. The number of piperidine rings is 1. The molecular formula is C26H32N2O4. The summed E-state index contributed by atoms with van der Waals surface area (Å²) in [5, 5.41) is 0. The van der Waals surface area contributed by atoms with E-state index in [0.717, 1.165) is 49.2 Å². The van der Waals surface area contributed by atoms with Gasteiger partial charge in [-0.2, -0.15) is 0 Å². The fourth-order valence-corrected chi connectivity index (χ4v) is 4.48. The smallest absolute Gasteiger partial charge is 0.410 e. The number of rotatable bonds is 4. The molecule has 0 N–H and O–H groups in total. The van der Waals surface area contributed by atoms with E-state index >= 15 is 0 Å². The maximum absolute atomic E-state index is 12.4. The molecule has 1 aromatic carbocycles. The molecule has 170 valence electrons. The van der Waals surface area contributed by atoms with Crippen LogP contribution in [0.3, 0.4) is 0 Å². The number of likely N-dealkylation sites (tertiary alicyclic amines) is 1. The molecule has 6 nitrogen and oxygen atoms in total. The molecule has 1 amide bonds. The van der Waals surface area contributed by atoms with Gasteiger partial charge in [0.1, 0.15) is 5.60 Å². The first-order valence-electron chi connectivity index (χ1n) is 11.2. The van der Waals surface area contributed by atoms with Crippen molar-refractivity contribution < 1.29 is 19.0 Å². The van der Waals surface area contributed by atoms with Crippen molar-refractivity contribution in [1.29, 1.82) is 0 Å². The van der Waals surface area contributed by atoms with Gasteiger partial charge < -0.3 is 19.1 Å². The number of aromatic nitrogens is 1. The summed E-state index contributed by atoms with van der Waals surface area (Å²) in [6, 6.07) is 8.18. The minimum absolute atomic E-state index is 0.214. The van der Waals surface area contributed by atoms with Gasteiger partial charge in [-0.3, -0.25) is 4.98 Å². The molecule has 2 heterocycles. The van der Waals surface area contributed by atoms with Crippen LogP contribution >= 0.6 is 0 Å². The van der Waals surface area contributed by atoms with Crippen molar-refractivity contribution in [1.82, 2.24) is 9.88 Å². The van der Waals surface area contributed by atoms with E-state index in [1.807, 2.05) is 50.1 Å². The van der Waals surface area contributed by atoms with Gasteiger partial charge >= 0.3 is 6.09 Å². The maximum atomic E-state index is 12.4. The molecule has 1 aromatic heterocycles. The van der Waals surface area contributed by atoms with Crippen molar-refractivity contribution in [2.24, 2.45) is 5.92 Å². The Morgan fingerprint density at radius 1 is 1.03 bits per heavy atom. The number of amides is 1. The van der Waals surface area contributed by atoms with Crippen LogP contribution < -0.4 is 9.47 Å². The lowest BCUT2D eigenvalue weighted by atomic mass is 9.86. The number of benzene rings is 1. The van der Waals surface area contributed by atoms with Crippen molar-refractivity contribution in [3.8, 4) is 22.6 Å². The number of fused-ring (bicyclic) bond motifs is 1. The average Bonchev–Trinajstić information content (AvgIpc) is 3.20. The fourth-order valence-electron chi connectivity index (χ4n) is 4.48. The largest absolute Gasteiger partial charge is 0.493 e. The molecule has 0 saturated carbocycles. The molecule has 1 aliphatic heterocycles. The zero-order valence-electron chi connectivity index (χ0n) is 19.6. The highest BCUT2D eigenvalue weighted by Gasteiger charge is 2.31. The van der Waals surface area contributed by atoms with Crippen LogP contribution in [0.15, 0.2) is 36.5 Å². The summed E-state index contributed by atoms with van der Waals surface area (Å²) in [4.78, 5) is 19.0. The molecule has 0 bridgehead atoms. The number of ether oxygens (including phenoxy) is 3. The van der Waals surface area contributed by atoms with Gasteiger partial charge in [-0.15, -0.1) is 0 Å². The minimum atomic E-state index is -0.465. The first kappa shape index (κ1) is 22.2. The van der Waals surface area contributed by atoms with E-state index < -0.39 is 5.60 Å². The summed E-state index contributed by atoms with van der Waals surface area (Å²) < 4.78 is 16.4. The molecule has 1 aliphatic carbocycles. The third-order valence-electron chi connectivity index (χ3n) is 6.10. The molecule has 2 aromatic rings. The number of carbonyl (C=O) groups excluding carboxylic acids is 1. The van der Waals surface area contributed by atoms with Gasteiger partial charge in [0.25, 0.3) is 0 Å². The zero-order valence-corrected chi connectivity index (χ0v) is 19.6. The molecule has 0 atom stereocenters. The Kier molecular flexibility index (Phi) is 6.13. The highest BCUT2D eigenvalue weighted by atomic mass is 16.6. The van der Waals surface area contributed by atoms with Gasteiger partial charge in [-0.25, -0.2) is 4.79 Å². The van der Waals surface area contributed by atoms with Crippen molar-refractivity contribution in [3.05, 3.63) is 47.8 Å². The minimum Gasteiger partial charge on any atom is -0.493 e. The predicted molar refractivity (Wildman–Crippen MR) is 125 cm³/mol. The third-order valence-corrected chi connectivity index (χ3v) is 6.10. The summed E-state index contributed by atoms with van der Waals surface area (Å²) in [7, 11) is 3.28. The molecule has 6 heteroatoms. The van der Waals surface area contributed by atoms with Crippen LogP contribution in [0.4, 0.5) is 4.79 Å². The standard InChI is InChI=1S/C26H32N2O4/c1-26(2,3)32-25(29)28-12-10-17(11-13-28)20-7-8-22-21(20)14-19(16-27-22)18-6-9-23(30-4)24(15-18)31-5/h6-7,9,14-17H,8,10-13H2,1-5H3. The second-order valence-corrected chi connectivity index (χ2v) is 9.39. The second kappa shape index (κ2) is 8.85. The number of carbonyl (C=O) groups is 1. The number of hydrogen-bond acceptors (Lipinski definition) is 5. The number of methoxy groups -OCH3 is 2. The van der Waals surface area contributed by atoms with Gasteiger partial charge in [0, 0.05) is 36.8 Å². The first-order chi connectivity index (χ1) is 15.3. The van der Waals surface area contributed by atoms with Crippen LogP contribution in [0, 0.1) is 5.92 Å². The van der Waals surface area contributed by atoms with E-state index in [1.165, 1.54) is 11.1 Å². The Morgan fingerprint density at radius 2 is 1.75 bits per heavy atom. The van der Waals surface area contributed by atoms with Crippen molar-refractivity contribution in [2.45, 2.75) is 45.6 Å². The number of hydrogen-bond donors (Lipinski definition) is 0. The van der Waals surface area contributed by atoms with Crippen LogP contribution in [0.25, 0.3) is 16.7 Å². The monoisotopic (exact) mass is 436 g/mol. The molecule has 2 aliphatic rings. The van der Waals surface area contributed by atoms with Crippen molar-refractivity contribution in [3.63, 3.8) is 0 Å². The summed E-state index contributed by atoms with van der Waals surface area (Å²) in [5.74, 6) is 1.84. The maximum Gasteiger partial charge on any atom is 0.410 e. The zero-order chi connectivity index (χ0) is 22.9. The van der Waals surface area contributed by atoms with E-state index in [-0.39, 0.29) is 6.09 Å². The Labute approximate surface area is 190 Å². The SMILES string of the molecule is COc1ccc(-c2cnc3c(c2)C(C2CCN(C(=O)OC(C)(C)C)CC2)=CC3)cc1OC. The van der Waals surface area contributed by atoms with E-state index in [1.54, 1.807) is 14.2 Å². The molecule has 0 radical (unpaired) electrons. The van der Waals surface area contributed by atoms with Crippen molar-refractivity contribution in [2.75, 3.05) is 27.3 Å². The Bertz CT molecular complexity index is 1030. The molecule has 4 rings (SSSR count). The number of nitrogens with zero attached hydrogens (tertiary/aromatic N) is 2. The second-order valence-electron chi connectivity index (χ2n) is 9.39. The van der Waals surface area contributed by atoms with E-state index in [2.05, 4.69) is 12.1 Å². The first-order valence-corrected chi connectivity index (χ1v) is 11.2. The molecule has 32 heavy (non-hydrogen) atoms. The highest BCUT2D eigenvalue weighted by Crippen LogP contribution is 2.40. The van der Waals surface area contributed by atoms with Crippen molar-refractivity contribution >= 4 is 11.7 Å². The average molecular weight is 437 g/mol. The number of pyridine rings is 1. The topological polar surface area (TPSA) is 60.9 Å². The van der Waals surface area contributed by atoms with E-state index in [9.17, 15) is 4.79 Å². The van der Waals surface area contributed by atoms with Crippen LogP contribution in [0.1, 0.15) is 44.9 Å². The lowest BCUT2D eigenvalue weighted by Gasteiger charge is -2.34. The van der Waals surface area contributed by atoms with Gasteiger partial charge in [0.15, 0.2) is 11.5 Å². The molecule has 0 unspecified atom stereocenters. The Balaban J connectivity index is 1.50. The normalized spacial score (nSPS) is 16.4. The van der Waals surface area contributed by atoms with Gasteiger partial charge in [-0.1, -0.05) is 12.1 Å². The molecular weight excluding hydrogens is 404 g/mol. The quantitative estimate of drug-likeness (QED) is 0.646. The third kappa shape index (κ3) is 4.59. The summed E-state index contributed by atoms with van der Waals surface area (Å²) in [6.45, 7) is 7.15. The van der Waals surface area contributed by atoms with E-state index in [4.69, 9.17) is 19.2 Å². The van der Waals surface area contributed by atoms with Gasteiger partial charge in [-0.05, 0) is 68.9 Å². The summed E-state index contributed by atoms with van der Waals surface area (Å²) >= 11 is 0. The van der Waals surface area contributed by atoms with Crippen LogP contribution in [-0.4, -0.2) is 48.9 Å². The van der Waals surface area contributed by atoms with Crippen LogP contribution in [-0.2, 0) is 11.2 Å². The fraction of sp³-hybridized carbons (Fsp3) is 0.462. The lowest BCUT2D eigenvalue weighted by Crippen LogP contribution is -2.41. The summed E-state index contributed by atoms with van der Waals surface area (Å²) in [5.41, 5.74) is 5.35. The highest BCUT2D eigenvalue weighted by molar-refractivity contribution is 5.78. The van der Waals surface area contributed by atoms with Crippen LogP contribution in [0.2, 0.25) is 0 Å². The summed E-state index contributed by atoms with van der Waals surface area (Å²) in [6.07, 6.45) is 6.76. The van der Waals surface area contributed by atoms with Gasteiger partial charge in [0.05, 0.1) is 19.9 Å². The number of allylic oxidation sites excluding steroid dienone is 2. The molecule has 1 fully saturated rings. The Hall–Kier alpha value is -3.02. The molecule has 1 saturated heterocycles. The lowest BCUT2D eigenvalue weighted by molar-refractivity contribution is 0.0200. The van der Waals surface area contributed by atoms with Crippen LogP contribution in [0.5, 0.6) is 11.5 Å². The predicted octanol–water partition coefficient (Wildman–Crippen LogP) is 5.35. The molecule has 0 spiro atoms. The van der Waals surface area contributed by atoms with E-state index in [0.29, 0.717) is 17.4 Å². The van der Waals surface area contributed by atoms with Gasteiger partial charge in [0.2, 0.25) is 0 Å².